The van der Waals surface area contributed by atoms with E-state index in [2.05, 4.69) is 27.7 Å². The van der Waals surface area contributed by atoms with E-state index in [0.29, 0.717) is 50.5 Å². The van der Waals surface area contributed by atoms with Gasteiger partial charge in [0.1, 0.15) is 54.6 Å². The number of aliphatic hydroxyl groups excluding tert-OH is 8. The van der Waals surface area contributed by atoms with Gasteiger partial charge < -0.3 is 59.8 Å². The molecule has 3 rings (SSSR count). The Kier molecular flexibility index (Phi) is 16.4. The van der Waals surface area contributed by atoms with E-state index >= 15 is 0 Å². The molecule has 0 amide bonds. The van der Waals surface area contributed by atoms with Crippen molar-refractivity contribution in [2.75, 3.05) is 13.2 Å². The first-order chi connectivity index (χ1) is 24.2. The molecule has 0 aromatic rings. The molecule has 0 radical (unpaired) electrons. The fourth-order valence-electron chi connectivity index (χ4n) is 8.92. The van der Waals surface area contributed by atoms with Crippen LogP contribution >= 0.6 is 0 Å². The van der Waals surface area contributed by atoms with Crippen LogP contribution in [0.15, 0.2) is 11.1 Å². The summed E-state index contributed by atoms with van der Waals surface area (Å²) < 4.78 is 22.8. The molecule has 1 saturated carbocycles. The van der Waals surface area contributed by atoms with Gasteiger partial charge in [0, 0.05) is 19.3 Å². The molecule has 0 bridgehead atoms. The zero-order valence-corrected chi connectivity index (χ0v) is 32.2. The molecule has 3 aliphatic rings. The van der Waals surface area contributed by atoms with Crippen LogP contribution in [0.1, 0.15) is 107 Å². The van der Waals surface area contributed by atoms with Crippen molar-refractivity contribution >= 4 is 11.6 Å². The monoisotopic (exact) mass is 746 g/mol. The van der Waals surface area contributed by atoms with Crippen molar-refractivity contribution < 1.29 is 69.4 Å². The van der Waals surface area contributed by atoms with Crippen LogP contribution in [0.3, 0.4) is 0 Å². The van der Waals surface area contributed by atoms with Crippen molar-refractivity contribution in [1.82, 2.24) is 0 Å². The summed E-state index contributed by atoms with van der Waals surface area (Å²) in [5, 5.41) is 80.3. The molecular weight excluding hydrogens is 680 g/mol. The van der Waals surface area contributed by atoms with Crippen LogP contribution in [-0.4, -0.2) is 139 Å². The Bertz CT molecular complexity index is 1200. The number of ether oxygens (including phenoxy) is 4. The van der Waals surface area contributed by atoms with Crippen molar-refractivity contribution in [3.05, 3.63) is 11.1 Å². The standard InChI is InChI=1S/C38H66O14/c1-19(9-10-21(3)49-35-32(47)30(45)28(43)26(17-39)51-35)23(5)25(42)12-14-38(8,34-20(2)15-24(41)16-37(34,6)7)13-11-22(4)50-36-33(48)31(46)29(44)27(18-40)52-36/h20-22,26-36,39-40,43-48H,9-18H2,1-8H3/b23-19-/t20-,21+,22-,26-,27-,28-,29-,30+,31+,32-,33-,34+,35-,36-,38+/m0/s1. The average molecular weight is 747 g/mol. The molecule has 1 aliphatic carbocycles. The lowest BCUT2D eigenvalue weighted by Crippen LogP contribution is -2.59. The first-order valence-corrected chi connectivity index (χ1v) is 18.8. The van der Waals surface area contributed by atoms with E-state index in [0.717, 1.165) is 5.57 Å². The molecule has 0 unspecified atom stereocenters. The minimum atomic E-state index is -1.54. The van der Waals surface area contributed by atoms with Gasteiger partial charge in [-0.05, 0) is 88.0 Å². The summed E-state index contributed by atoms with van der Waals surface area (Å²) in [7, 11) is 0. The number of hydrogen-bond acceptors (Lipinski definition) is 14. The summed E-state index contributed by atoms with van der Waals surface area (Å²) in [6.07, 6.45) is -10.6. The fraction of sp³-hybridized carbons (Fsp3) is 0.895. The van der Waals surface area contributed by atoms with E-state index in [1.165, 1.54) is 0 Å². The van der Waals surface area contributed by atoms with Crippen molar-refractivity contribution in [2.24, 2.45) is 22.7 Å². The van der Waals surface area contributed by atoms with Crippen LogP contribution in [0.5, 0.6) is 0 Å². The minimum absolute atomic E-state index is 0.00851. The van der Waals surface area contributed by atoms with Gasteiger partial charge in [-0.25, -0.2) is 0 Å². The van der Waals surface area contributed by atoms with Gasteiger partial charge in [0.15, 0.2) is 18.4 Å². The quantitative estimate of drug-likeness (QED) is 0.0981. The summed E-state index contributed by atoms with van der Waals surface area (Å²) in [5.74, 6) is 0.428. The van der Waals surface area contributed by atoms with Crippen molar-refractivity contribution in [3.8, 4) is 0 Å². The summed E-state index contributed by atoms with van der Waals surface area (Å²) in [6, 6.07) is 0. The predicted octanol–water partition coefficient (Wildman–Crippen LogP) is 1.29. The van der Waals surface area contributed by atoms with E-state index in [4.69, 9.17) is 18.9 Å². The van der Waals surface area contributed by atoms with Crippen molar-refractivity contribution in [1.29, 1.82) is 0 Å². The van der Waals surface area contributed by atoms with Crippen molar-refractivity contribution in [3.63, 3.8) is 0 Å². The first kappa shape index (κ1) is 45.0. The van der Waals surface area contributed by atoms with E-state index in [1.807, 2.05) is 13.8 Å². The molecule has 8 N–H and O–H groups in total. The highest BCUT2D eigenvalue weighted by molar-refractivity contribution is 5.95. The summed E-state index contributed by atoms with van der Waals surface area (Å²) in [5.41, 5.74) is 0.835. The zero-order chi connectivity index (χ0) is 39.3. The molecular formula is C38H66O14. The average Bonchev–Trinajstić information content (AvgIpc) is 3.07. The molecule has 302 valence electrons. The molecule has 15 atom stereocenters. The first-order valence-electron chi connectivity index (χ1n) is 18.8. The number of aliphatic hydroxyl groups is 8. The van der Waals surface area contributed by atoms with Crippen LogP contribution in [0.4, 0.5) is 0 Å². The fourth-order valence-corrected chi connectivity index (χ4v) is 8.92. The maximum Gasteiger partial charge on any atom is 0.186 e. The molecule has 14 heteroatoms. The Labute approximate surface area is 308 Å². The third kappa shape index (κ3) is 10.9. The van der Waals surface area contributed by atoms with E-state index in [1.54, 1.807) is 13.8 Å². The van der Waals surface area contributed by atoms with Crippen LogP contribution in [0.2, 0.25) is 0 Å². The van der Waals surface area contributed by atoms with Crippen LogP contribution in [0.25, 0.3) is 0 Å². The number of ketones is 2. The highest BCUT2D eigenvalue weighted by Gasteiger charge is 2.50. The number of carbonyl (C=O) groups excluding carboxylic acids is 2. The molecule has 0 spiro atoms. The molecule has 2 heterocycles. The number of rotatable bonds is 17. The van der Waals surface area contributed by atoms with Gasteiger partial charge in [-0.1, -0.05) is 33.3 Å². The Balaban J connectivity index is 1.68. The third-order valence-electron chi connectivity index (χ3n) is 11.8. The largest absolute Gasteiger partial charge is 0.394 e. The Morgan fingerprint density at radius 3 is 1.75 bits per heavy atom. The lowest BCUT2D eigenvalue weighted by Gasteiger charge is -2.52. The van der Waals surface area contributed by atoms with Gasteiger partial charge in [0.05, 0.1) is 25.4 Å². The van der Waals surface area contributed by atoms with Crippen LogP contribution < -0.4 is 0 Å². The Hall–Kier alpha value is -1.40. The van der Waals surface area contributed by atoms with E-state index in [-0.39, 0.29) is 40.7 Å². The maximum atomic E-state index is 13.7. The second kappa shape index (κ2) is 19.0. The van der Waals surface area contributed by atoms with Crippen LogP contribution in [0, 0.1) is 22.7 Å². The maximum absolute atomic E-state index is 13.7. The zero-order valence-electron chi connectivity index (χ0n) is 32.2. The van der Waals surface area contributed by atoms with Crippen molar-refractivity contribution in [2.45, 2.75) is 180 Å². The molecule has 0 aromatic carbocycles. The van der Waals surface area contributed by atoms with Gasteiger partial charge in [0.25, 0.3) is 0 Å². The van der Waals surface area contributed by atoms with E-state index < -0.39 is 86.8 Å². The van der Waals surface area contributed by atoms with Gasteiger partial charge in [-0.15, -0.1) is 0 Å². The lowest BCUT2D eigenvalue weighted by atomic mass is 9.52. The molecule has 2 saturated heterocycles. The predicted molar refractivity (Wildman–Crippen MR) is 188 cm³/mol. The summed E-state index contributed by atoms with van der Waals surface area (Å²) in [4.78, 5) is 26.4. The highest BCUT2D eigenvalue weighted by atomic mass is 16.7. The SMILES string of the molecule is C/C(CC[C@@H](C)O[C@H]1O[C@@H](CO)[C@H](O)[C@@H](O)[C@@H]1O)=C(\C)C(=O)CC[C@@](C)(CC[C@H](C)O[C@H]1O[C@@H](CO)[C@H](O)[C@@H](O)[C@@H]1O)[C@@H]1[C@@H](C)CC(=O)CC1(C)C. The Morgan fingerprint density at radius 1 is 0.808 bits per heavy atom. The molecule has 14 nitrogen and oxygen atoms in total. The number of allylic oxidation sites excluding steroid dienone is 2. The molecule has 52 heavy (non-hydrogen) atoms. The minimum Gasteiger partial charge on any atom is -0.394 e. The summed E-state index contributed by atoms with van der Waals surface area (Å²) >= 11 is 0. The van der Waals surface area contributed by atoms with Gasteiger partial charge in [-0.3, -0.25) is 9.59 Å². The lowest BCUT2D eigenvalue weighted by molar-refractivity contribution is -0.310. The molecule has 2 aliphatic heterocycles. The highest BCUT2D eigenvalue weighted by Crippen LogP contribution is 2.55. The van der Waals surface area contributed by atoms with E-state index in [9.17, 15) is 50.4 Å². The summed E-state index contributed by atoms with van der Waals surface area (Å²) in [6.45, 7) is 14.7. The second-order valence-corrected chi connectivity index (χ2v) is 16.7. The molecule has 3 fully saturated rings. The van der Waals surface area contributed by atoms with Crippen LogP contribution in [-0.2, 0) is 28.5 Å². The smallest absolute Gasteiger partial charge is 0.186 e. The number of hydrogen-bond donors (Lipinski definition) is 8. The second-order valence-electron chi connectivity index (χ2n) is 16.7. The van der Waals surface area contributed by atoms with Gasteiger partial charge in [-0.2, -0.15) is 0 Å². The normalized spacial score (nSPS) is 38.3. The van der Waals surface area contributed by atoms with Gasteiger partial charge >= 0.3 is 0 Å². The molecule has 0 aromatic heterocycles. The third-order valence-corrected chi connectivity index (χ3v) is 11.8. The number of carbonyl (C=O) groups is 2. The number of Topliss-reactive ketones (excluding diaryl/α,β-unsaturated/α-hetero) is 2. The van der Waals surface area contributed by atoms with Gasteiger partial charge in [0.2, 0.25) is 0 Å². The Morgan fingerprint density at radius 2 is 1.29 bits per heavy atom. The topological polar surface area (TPSA) is 233 Å².